The molecule has 2 heterocycles. The molecule has 0 bridgehead atoms. The Hall–Kier alpha value is -2.12. The number of nitrogens with one attached hydrogen (secondary N) is 2. The van der Waals surface area contributed by atoms with Crippen molar-refractivity contribution in [3.05, 3.63) is 42.2 Å². The van der Waals surface area contributed by atoms with Crippen molar-refractivity contribution in [2.24, 2.45) is 4.99 Å². The van der Waals surface area contributed by atoms with Crippen molar-refractivity contribution in [2.45, 2.75) is 39.3 Å². The van der Waals surface area contributed by atoms with Crippen molar-refractivity contribution in [2.75, 3.05) is 63.8 Å². The van der Waals surface area contributed by atoms with Gasteiger partial charge >= 0.3 is 0 Å². The number of benzene rings is 1. The van der Waals surface area contributed by atoms with E-state index in [1.165, 1.54) is 0 Å². The van der Waals surface area contributed by atoms with Crippen LogP contribution in [0.4, 0.5) is 10.1 Å². The van der Waals surface area contributed by atoms with E-state index in [-0.39, 0.29) is 5.82 Å². The first-order valence-corrected chi connectivity index (χ1v) is 11.8. The predicted molar refractivity (Wildman–Crippen MR) is 128 cm³/mol. The smallest absolute Gasteiger partial charge is 0.191 e. The summed E-state index contributed by atoms with van der Waals surface area (Å²) in [6.07, 6.45) is 4.15. The lowest BCUT2D eigenvalue weighted by Crippen LogP contribution is -2.48. The van der Waals surface area contributed by atoms with Gasteiger partial charge in [0, 0.05) is 58.4 Å². The number of hydrogen-bond acceptors (Lipinski definition) is 4. The van der Waals surface area contributed by atoms with Gasteiger partial charge in [-0.05, 0) is 44.0 Å². The summed E-state index contributed by atoms with van der Waals surface area (Å²) >= 11 is 0. The first kappa shape index (κ1) is 23.5. The molecule has 0 saturated carbocycles. The van der Waals surface area contributed by atoms with Gasteiger partial charge < -0.3 is 20.4 Å². The largest absolute Gasteiger partial charge is 0.367 e. The van der Waals surface area contributed by atoms with Gasteiger partial charge in [-0.3, -0.25) is 4.90 Å². The lowest BCUT2D eigenvalue weighted by Gasteiger charge is -2.35. The summed E-state index contributed by atoms with van der Waals surface area (Å²) in [4.78, 5) is 11.7. The number of likely N-dealkylation sites (tertiary alicyclic amines) is 1. The molecular weight excluding hydrogens is 391 g/mol. The fourth-order valence-corrected chi connectivity index (χ4v) is 4.34. The highest BCUT2D eigenvalue weighted by Crippen LogP contribution is 2.22. The number of anilines is 1. The molecule has 0 aliphatic carbocycles. The zero-order chi connectivity index (χ0) is 22.1. The fourth-order valence-electron chi connectivity index (χ4n) is 4.34. The number of piperazine rings is 1. The second-order valence-electron chi connectivity index (χ2n) is 8.41. The second-order valence-corrected chi connectivity index (χ2v) is 8.41. The molecule has 1 aromatic carbocycles. The molecule has 2 aliphatic rings. The van der Waals surface area contributed by atoms with Gasteiger partial charge in [-0.15, -0.1) is 6.58 Å². The van der Waals surface area contributed by atoms with Crippen LogP contribution in [0.3, 0.4) is 0 Å². The zero-order valence-corrected chi connectivity index (χ0v) is 19.2. The topological polar surface area (TPSA) is 46.1 Å². The second kappa shape index (κ2) is 12.1. The number of halogens is 1. The van der Waals surface area contributed by atoms with Crippen molar-refractivity contribution in [3.8, 4) is 0 Å². The van der Waals surface area contributed by atoms with Crippen LogP contribution < -0.4 is 15.5 Å². The number of guanidine groups is 1. The summed E-state index contributed by atoms with van der Waals surface area (Å²) in [5.41, 5.74) is 1.60. The summed E-state index contributed by atoms with van der Waals surface area (Å²) in [6.45, 7) is 17.2. The number of likely N-dealkylation sites (N-methyl/N-ethyl adjacent to an activating group) is 1. The molecule has 0 aromatic heterocycles. The number of piperidine rings is 1. The highest BCUT2D eigenvalue weighted by Gasteiger charge is 2.20. The molecule has 0 amide bonds. The molecule has 7 heteroatoms. The molecular formula is C24H39FN6. The molecule has 2 aliphatic heterocycles. The maximum Gasteiger partial charge on any atom is 0.191 e. The van der Waals surface area contributed by atoms with Crippen LogP contribution in [0.2, 0.25) is 0 Å². The first-order chi connectivity index (χ1) is 15.1. The van der Waals surface area contributed by atoms with Crippen molar-refractivity contribution < 1.29 is 4.39 Å². The van der Waals surface area contributed by atoms with E-state index in [0.29, 0.717) is 18.3 Å². The molecule has 2 N–H and O–H groups in total. The summed E-state index contributed by atoms with van der Waals surface area (Å²) in [6, 6.07) is 5.98. The minimum absolute atomic E-state index is 0.148. The van der Waals surface area contributed by atoms with Crippen LogP contribution >= 0.6 is 0 Å². The summed E-state index contributed by atoms with van der Waals surface area (Å²) in [5, 5.41) is 6.88. The van der Waals surface area contributed by atoms with Crippen LogP contribution in [0.15, 0.2) is 35.8 Å². The predicted octanol–water partition coefficient (Wildman–Crippen LogP) is 2.67. The SMILES string of the molecule is C=CCN1CCC(NC(=NCc2ccc(N3CCN(CC)CC3)c(F)c2)NCC)CC1. The van der Waals surface area contributed by atoms with Gasteiger partial charge in [0.15, 0.2) is 5.96 Å². The van der Waals surface area contributed by atoms with Gasteiger partial charge in [-0.25, -0.2) is 9.38 Å². The van der Waals surface area contributed by atoms with E-state index in [1.54, 1.807) is 6.07 Å². The van der Waals surface area contributed by atoms with Crippen LogP contribution in [0.25, 0.3) is 0 Å². The number of hydrogen-bond donors (Lipinski definition) is 2. The molecule has 2 fully saturated rings. The Balaban J connectivity index is 1.55. The fraction of sp³-hybridized carbons (Fsp3) is 0.625. The Labute approximate surface area is 187 Å². The highest BCUT2D eigenvalue weighted by molar-refractivity contribution is 5.80. The van der Waals surface area contributed by atoms with Crippen LogP contribution in [0, 0.1) is 5.82 Å². The molecule has 0 radical (unpaired) electrons. The molecule has 172 valence electrons. The van der Waals surface area contributed by atoms with Gasteiger partial charge in [-0.1, -0.05) is 19.1 Å². The Morgan fingerprint density at radius 2 is 1.87 bits per heavy atom. The monoisotopic (exact) mass is 430 g/mol. The van der Waals surface area contributed by atoms with Crippen LogP contribution in [0.5, 0.6) is 0 Å². The maximum absolute atomic E-state index is 14.8. The minimum atomic E-state index is -0.148. The number of nitrogens with zero attached hydrogens (tertiary/aromatic N) is 4. The molecule has 1 aromatic rings. The third kappa shape index (κ3) is 6.94. The summed E-state index contributed by atoms with van der Waals surface area (Å²) in [5.74, 6) is 0.662. The average molecular weight is 431 g/mol. The van der Waals surface area contributed by atoms with Gasteiger partial charge in [0.25, 0.3) is 0 Å². The Kier molecular flexibility index (Phi) is 9.15. The molecule has 6 nitrogen and oxygen atoms in total. The van der Waals surface area contributed by atoms with Crippen molar-refractivity contribution in [1.82, 2.24) is 20.4 Å². The first-order valence-electron chi connectivity index (χ1n) is 11.8. The zero-order valence-electron chi connectivity index (χ0n) is 19.2. The standard InChI is InChI=1S/C24H39FN6/c1-4-11-30-12-9-21(10-13-30)28-24(26-5-2)27-19-20-7-8-23(22(25)18-20)31-16-14-29(6-3)15-17-31/h4,7-8,18,21H,1,5-6,9-17,19H2,2-3H3,(H2,26,27,28). The van der Waals surface area contributed by atoms with E-state index in [9.17, 15) is 4.39 Å². The van der Waals surface area contributed by atoms with Gasteiger partial charge in [0.2, 0.25) is 0 Å². The van der Waals surface area contributed by atoms with Gasteiger partial charge in [-0.2, -0.15) is 0 Å². The lowest BCUT2D eigenvalue weighted by atomic mass is 10.1. The molecule has 31 heavy (non-hydrogen) atoms. The van der Waals surface area contributed by atoms with Crippen LogP contribution in [-0.2, 0) is 6.54 Å². The van der Waals surface area contributed by atoms with Crippen molar-refractivity contribution in [3.63, 3.8) is 0 Å². The number of aliphatic imine (C=N–C) groups is 1. The molecule has 0 spiro atoms. The van der Waals surface area contributed by atoms with E-state index in [4.69, 9.17) is 4.99 Å². The highest BCUT2D eigenvalue weighted by atomic mass is 19.1. The normalized spacial score (nSPS) is 19.5. The minimum Gasteiger partial charge on any atom is -0.367 e. The Morgan fingerprint density at radius 1 is 1.13 bits per heavy atom. The van der Waals surface area contributed by atoms with E-state index < -0.39 is 0 Å². The van der Waals surface area contributed by atoms with Gasteiger partial charge in [0.1, 0.15) is 5.82 Å². The number of rotatable bonds is 8. The molecule has 3 rings (SSSR count). The van der Waals surface area contributed by atoms with Crippen molar-refractivity contribution in [1.29, 1.82) is 0 Å². The molecule has 0 atom stereocenters. The van der Waals surface area contributed by atoms with Crippen LogP contribution in [-0.4, -0.2) is 80.7 Å². The van der Waals surface area contributed by atoms with E-state index in [2.05, 4.69) is 45.8 Å². The quantitative estimate of drug-likeness (QED) is 0.377. The van der Waals surface area contributed by atoms with Gasteiger partial charge in [0.05, 0.1) is 12.2 Å². The van der Waals surface area contributed by atoms with Crippen molar-refractivity contribution >= 4 is 11.6 Å². The van der Waals surface area contributed by atoms with E-state index in [0.717, 1.165) is 83.3 Å². The molecule has 2 saturated heterocycles. The summed E-state index contributed by atoms with van der Waals surface area (Å²) in [7, 11) is 0. The molecule has 0 unspecified atom stereocenters. The maximum atomic E-state index is 14.8. The lowest BCUT2D eigenvalue weighted by molar-refractivity contribution is 0.225. The Morgan fingerprint density at radius 3 is 2.48 bits per heavy atom. The third-order valence-corrected chi connectivity index (χ3v) is 6.25. The summed E-state index contributed by atoms with van der Waals surface area (Å²) < 4.78 is 14.8. The van der Waals surface area contributed by atoms with E-state index in [1.807, 2.05) is 18.2 Å². The Bertz CT molecular complexity index is 721. The average Bonchev–Trinajstić information content (AvgIpc) is 2.79. The van der Waals surface area contributed by atoms with E-state index >= 15 is 0 Å². The van der Waals surface area contributed by atoms with Crippen LogP contribution in [0.1, 0.15) is 32.3 Å². The third-order valence-electron chi connectivity index (χ3n) is 6.25.